The average molecular weight is 247 g/mol. The molecule has 0 bridgehead atoms. The van der Waals surface area contributed by atoms with Crippen LogP contribution in [0.5, 0.6) is 0 Å². The molecule has 4 heteroatoms. The van der Waals surface area contributed by atoms with Crippen molar-refractivity contribution in [2.75, 3.05) is 11.6 Å². The first kappa shape index (κ1) is 12.3. The van der Waals surface area contributed by atoms with Crippen LogP contribution in [0.1, 0.15) is 31.2 Å². The Hall–Kier alpha value is -1.21. The molecule has 1 saturated carbocycles. The predicted molar refractivity (Wildman–Crippen MR) is 72.1 cm³/mol. The van der Waals surface area contributed by atoms with Crippen LogP contribution in [0, 0.1) is 11.3 Å². The minimum absolute atomic E-state index is 0.484. The fourth-order valence-corrected chi connectivity index (χ4v) is 3.14. The lowest BCUT2D eigenvalue weighted by Crippen LogP contribution is -2.28. The maximum atomic E-state index is 9.02. The Kier molecular flexibility index (Phi) is 4.27. The van der Waals surface area contributed by atoms with E-state index in [-0.39, 0.29) is 0 Å². The van der Waals surface area contributed by atoms with Gasteiger partial charge in [0.15, 0.2) is 0 Å². The number of nitriles is 1. The van der Waals surface area contributed by atoms with Crippen molar-refractivity contribution in [2.24, 2.45) is 0 Å². The van der Waals surface area contributed by atoms with Gasteiger partial charge < -0.3 is 5.32 Å². The summed E-state index contributed by atoms with van der Waals surface area (Å²) in [6, 6.07) is 4.45. The van der Waals surface area contributed by atoms with E-state index in [1.807, 2.05) is 11.8 Å². The Morgan fingerprint density at radius 2 is 2.41 bits per heavy atom. The highest BCUT2D eigenvalue weighted by molar-refractivity contribution is 7.99. The Morgan fingerprint density at radius 1 is 1.53 bits per heavy atom. The molecule has 2 atom stereocenters. The standard InChI is InChI=1S/C13H17N3S/c1-17-12-4-2-3-11(7-12)16-13-9-15-6-5-10(13)8-14/h5-6,9,11-12,16H,2-4,7H2,1H3. The molecule has 1 aromatic heterocycles. The molecule has 1 heterocycles. The Balaban J connectivity index is 2.03. The molecule has 0 aliphatic heterocycles. The van der Waals surface area contributed by atoms with Crippen LogP contribution in [0.25, 0.3) is 0 Å². The second kappa shape index (κ2) is 5.92. The topological polar surface area (TPSA) is 48.7 Å². The third kappa shape index (κ3) is 3.13. The number of aromatic nitrogens is 1. The van der Waals surface area contributed by atoms with Crippen LogP contribution < -0.4 is 5.32 Å². The smallest absolute Gasteiger partial charge is 0.101 e. The summed E-state index contributed by atoms with van der Waals surface area (Å²) in [6.07, 6.45) is 10.6. The monoisotopic (exact) mass is 247 g/mol. The van der Waals surface area contributed by atoms with Crippen molar-refractivity contribution in [3.63, 3.8) is 0 Å². The summed E-state index contributed by atoms with van der Waals surface area (Å²) in [6.45, 7) is 0. The third-order valence-corrected chi connectivity index (χ3v) is 4.36. The van der Waals surface area contributed by atoms with Gasteiger partial charge in [-0.3, -0.25) is 4.98 Å². The second-order valence-corrected chi connectivity index (χ2v) is 5.54. The molecule has 90 valence electrons. The van der Waals surface area contributed by atoms with Crippen LogP contribution in [0.4, 0.5) is 5.69 Å². The first-order valence-corrected chi connectivity index (χ1v) is 7.25. The summed E-state index contributed by atoms with van der Waals surface area (Å²) in [5.74, 6) is 0. The van der Waals surface area contributed by atoms with Crippen molar-refractivity contribution < 1.29 is 0 Å². The molecule has 1 N–H and O–H groups in total. The number of rotatable bonds is 3. The van der Waals surface area contributed by atoms with E-state index in [0.717, 1.165) is 10.9 Å². The number of pyridine rings is 1. The van der Waals surface area contributed by atoms with E-state index < -0.39 is 0 Å². The molecule has 1 aromatic rings. The highest BCUT2D eigenvalue weighted by Gasteiger charge is 2.21. The number of nitrogens with zero attached hydrogens (tertiary/aromatic N) is 2. The van der Waals surface area contributed by atoms with Crippen LogP contribution >= 0.6 is 11.8 Å². The molecule has 0 radical (unpaired) electrons. The molecule has 1 fully saturated rings. The van der Waals surface area contributed by atoms with Gasteiger partial charge in [-0.25, -0.2) is 0 Å². The van der Waals surface area contributed by atoms with Crippen molar-refractivity contribution >= 4 is 17.4 Å². The fourth-order valence-electron chi connectivity index (χ4n) is 2.32. The van der Waals surface area contributed by atoms with Gasteiger partial charge in [0, 0.05) is 17.5 Å². The lowest BCUT2D eigenvalue weighted by molar-refractivity contribution is 0.473. The molecule has 3 nitrogen and oxygen atoms in total. The molecule has 0 amide bonds. The quantitative estimate of drug-likeness (QED) is 0.892. The number of nitrogens with one attached hydrogen (secondary N) is 1. The van der Waals surface area contributed by atoms with Crippen LogP contribution in [-0.4, -0.2) is 22.5 Å². The first-order valence-electron chi connectivity index (χ1n) is 5.97. The van der Waals surface area contributed by atoms with Gasteiger partial charge >= 0.3 is 0 Å². The minimum atomic E-state index is 0.484. The molecule has 0 saturated heterocycles. The Morgan fingerprint density at radius 3 is 3.18 bits per heavy atom. The highest BCUT2D eigenvalue weighted by Crippen LogP contribution is 2.29. The maximum absolute atomic E-state index is 9.02. The number of hydrogen-bond donors (Lipinski definition) is 1. The number of hydrogen-bond acceptors (Lipinski definition) is 4. The molecular weight excluding hydrogens is 230 g/mol. The summed E-state index contributed by atoms with van der Waals surface area (Å²) >= 11 is 1.95. The van der Waals surface area contributed by atoms with Crippen molar-refractivity contribution in [2.45, 2.75) is 37.0 Å². The van der Waals surface area contributed by atoms with Crippen molar-refractivity contribution in [1.82, 2.24) is 4.98 Å². The van der Waals surface area contributed by atoms with E-state index in [2.05, 4.69) is 22.6 Å². The Labute approximate surface area is 107 Å². The van der Waals surface area contributed by atoms with Crippen LogP contribution in [-0.2, 0) is 0 Å². The van der Waals surface area contributed by atoms with E-state index in [9.17, 15) is 0 Å². The number of thioether (sulfide) groups is 1. The van der Waals surface area contributed by atoms with Crippen molar-refractivity contribution in [3.05, 3.63) is 24.0 Å². The molecule has 0 aromatic carbocycles. The van der Waals surface area contributed by atoms with E-state index in [4.69, 9.17) is 5.26 Å². The molecular formula is C13H17N3S. The largest absolute Gasteiger partial charge is 0.380 e. The first-order chi connectivity index (χ1) is 8.33. The van der Waals surface area contributed by atoms with E-state index in [1.165, 1.54) is 25.7 Å². The normalized spacial score (nSPS) is 24.0. The summed E-state index contributed by atoms with van der Waals surface area (Å²) < 4.78 is 0. The van der Waals surface area contributed by atoms with Crippen LogP contribution in [0.15, 0.2) is 18.5 Å². The molecule has 1 aliphatic rings. The summed E-state index contributed by atoms with van der Waals surface area (Å²) in [5, 5.41) is 13.2. The van der Waals surface area contributed by atoms with E-state index in [1.54, 1.807) is 18.5 Å². The van der Waals surface area contributed by atoms with Gasteiger partial charge in [0.05, 0.1) is 17.4 Å². The zero-order valence-electron chi connectivity index (χ0n) is 10.0. The molecule has 17 heavy (non-hydrogen) atoms. The zero-order chi connectivity index (χ0) is 12.1. The zero-order valence-corrected chi connectivity index (χ0v) is 10.8. The third-order valence-electron chi connectivity index (χ3n) is 3.26. The SMILES string of the molecule is CSC1CCCC(Nc2cnccc2C#N)C1. The maximum Gasteiger partial charge on any atom is 0.101 e. The molecule has 2 rings (SSSR count). The average Bonchev–Trinajstić information content (AvgIpc) is 2.39. The highest BCUT2D eigenvalue weighted by atomic mass is 32.2. The van der Waals surface area contributed by atoms with E-state index in [0.29, 0.717) is 11.6 Å². The van der Waals surface area contributed by atoms with Crippen LogP contribution in [0.2, 0.25) is 0 Å². The fraction of sp³-hybridized carbons (Fsp3) is 0.538. The second-order valence-electron chi connectivity index (χ2n) is 4.40. The van der Waals surface area contributed by atoms with Crippen molar-refractivity contribution in [3.8, 4) is 6.07 Å². The van der Waals surface area contributed by atoms with Gasteiger partial charge in [-0.1, -0.05) is 6.42 Å². The lowest BCUT2D eigenvalue weighted by Gasteiger charge is -2.29. The van der Waals surface area contributed by atoms with Crippen LogP contribution in [0.3, 0.4) is 0 Å². The van der Waals surface area contributed by atoms with Crippen molar-refractivity contribution in [1.29, 1.82) is 5.26 Å². The van der Waals surface area contributed by atoms with Gasteiger partial charge in [-0.2, -0.15) is 17.0 Å². The molecule has 1 aliphatic carbocycles. The molecule has 2 unspecified atom stereocenters. The number of anilines is 1. The van der Waals surface area contributed by atoms with Gasteiger partial charge in [0.1, 0.15) is 6.07 Å². The van der Waals surface area contributed by atoms with Gasteiger partial charge in [0.25, 0.3) is 0 Å². The predicted octanol–water partition coefficient (Wildman–Crippen LogP) is 3.04. The van der Waals surface area contributed by atoms with Gasteiger partial charge in [-0.05, 0) is 31.6 Å². The summed E-state index contributed by atoms with van der Waals surface area (Å²) in [5.41, 5.74) is 1.56. The summed E-state index contributed by atoms with van der Waals surface area (Å²) in [7, 11) is 0. The lowest BCUT2D eigenvalue weighted by atomic mass is 9.94. The van der Waals surface area contributed by atoms with Gasteiger partial charge in [-0.15, -0.1) is 0 Å². The Bertz CT molecular complexity index is 413. The minimum Gasteiger partial charge on any atom is -0.380 e. The molecule has 0 spiro atoms. The summed E-state index contributed by atoms with van der Waals surface area (Å²) in [4.78, 5) is 4.08. The van der Waals surface area contributed by atoms with E-state index >= 15 is 0 Å². The van der Waals surface area contributed by atoms with Gasteiger partial charge in [0.2, 0.25) is 0 Å².